The van der Waals surface area contributed by atoms with Crippen LogP contribution < -0.4 is 15.1 Å². The molecule has 7 nitrogen and oxygen atoms in total. The van der Waals surface area contributed by atoms with Gasteiger partial charge < -0.3 is 24.2 Å². The molecule has 10 heteroatoms. The van der Waals surface area contributed by atoms with E-state index in [4.69, 9.17) is 5.11 Å². The van der Waals surface area contributed by atoms with E-state index in [9.17, 15) is 9.59 Å². The second kappa shape index (κ2) is 7.94. The molecule has 168 valence electrons. The number of nitrogens with zero attached hydrogens (tertiary/aromatic N) is 3. The molecule has 0 bridgehead atoms. The zero-order chi connectivity index (χ0) is 21.2. The van der Waals surface area contributed by atoms with Crippen LogP contribution in [0, 0.1) is 17.6 Å². The van der Waals surface area contributed by atoms with E-state index in [0.717, 1.165) is 38.3 Å². The number of carboxylic acid groups (broad SMARTS) is 1. The molecule has 0 radical (unpaired) electrons. The molecule has 0 unspecified atom stereocenters. The predicted molar refractivity (Wildman–Crippen MR) is 114 cm³/mol. The van der Waals surface area contributed by atoms with Crippen molar-refractivity contribution in [2.75, 3.05) is 31.6 Å². The molecule has 0 amide bonds. The third-order valence-corrected chi connectivity index (χ3v) is 6.66. The van der Waals surface area contributed by atoms with Gasteiger partial charge in [-0.3, -0.25) is 4.79 Å². The normalized spacial score (nSPS) is 23.5. The van der Waals surface area contributed by atoms with Crippen LogP contribution in [0.5, 0.6) is 5.75 Å². The van der Waals surface area contributed by atoms with E-state index < -0.39 is 29.0 Å². The van der Waals surface area contributed by atoms with Gasteiger partial charge in [0, 0.05) is 25.2 Å². The number of hydrogen-bond acceptors (Lipinski definition) is 5. The smallest absolute Gasteiger partial charge is 0.449 e. The summed E-state index contributed by atoms with van der Waals surface area (Å²) in [6.45, 7) is 2.09. The SMILES string of the molecule is CN1CCC[C@@H]2CN(c3c(F)cc4c(=O)c(OC(=O)O)cn(C5CC5)c4c3F)C[C@@H]21.Cl. The zero-order valence-corrected chi connectivity index (χ0v) is 17.8. The average Bonchev–Trinajstić information content (AvgIpc) is 3.43. The highest BCUT2D eigenvalue weighted by Crippen LogP contribution is 2.41. The maximum absolute atomic E-state index is 15.8. The van der Waals surface area contributed by atoms with Crippen molar-refractivity contribution in [2.45, 2.75) is 37.8 Å². The summed E-state index contributed by atoms with van der Waals surface area (Å²) in [5.41, 5.74) is -0.922. The Hall–Kier alpha value is -2.39. The van der Waals surface area contributed by atoms with Gasteiger partial charge >= 0.3 is 6.16 Å². The molecule has 5 rings (SSSR count). The molecular weight excluding hydrogens is 432 g/mol. The second-order valence-electron chi connectivity index (χ2n) is 8.60. The van der Waals surface area contributed by atoms with Crippen molar-refractivity contribution in [3.05, 3.63) is 34.1 Å². The third kappa shape index (κ3) is 3.63. The summed E-state index contributed by atoms with van der Waals surface area (Å²) in [4.78, 5) is 27.6. The van der Waals surface area contributed by atoms with E-state index in [1.165, 1.54) is 10.8 Å². The van der Waals surface area contributed by atoms with Crippen molar-refractivity contribution in [1.82, 2.24) is 9.47 Å². The monoisotopic (exact) mass is 455 g/mol. The van der Waals surface area contributed by atoms with Crippen molar-refractivity contribution >= 4 is 35.2 Å². The largest absolute Gasteiger partial charge is 0.511 e. The lowest BCUT2D eigenvalue weighted by atomic mass is 9.93. The van der Waals surface area contributed by atoms with Gasteiger partial charge in [-0.25, -0.2) is 13.6 Å². The third-order valence-electron chi connectivity index (χ3n) is 6.66. The van der Waals surface area contributed by atoms with Crippen LogP contribution in [0.2, 0.25) is 0 Å². The second-order valence-corrected chi connectivity index (χ2v) is 8.60. The maximum Gasteiger partial charge on any atom is 0.511 e. The van der Waals surface area contributed by atoms with Crippen LogP contribution in [0.3, 0.4) is 0 Å². The van der Waals surface area contributed by atoms with Gasteiger partial charge in [-0.15, -0.1) is 12.4 Å². The van der Waals surface area contributed by atoms with E-state index in [2.05, 4.69) is 9.64 Å². The van der Waals surface area contributed by atoms with E-state index in [1.54, 1.807) is 4.90 Å². The number of benzene rings is 1. The Bertz CT molecular complexity index is 1100. The van der Waals surface area contributed by atoms with Crippen molar-refractivity contribution in [1.29, 1.82) is 0 Å². The first-order chi connectivity index (χ1) is 14.3. The van der Waals surface area contributed by atoms with Crippen LogP contribution in [0.1, 0.15) is 31.7 Å². The Morgan fingerprint density at radius 1 is 1.23 bits per heavy atom. The summed E-state index contributed by atoms with van der Waals surface area (Å²) in [5, 5.41) is 8.70. The van der Waals surface area contributed by atoms with Gasteiger partial charge in [0.15, 0.2) is 11.6 Å². The highest BCUT2D eigenvalue weighted by atomic mass is 35.5. The molecule has 1 aliphatic carbocycles. The Morgan fingerprint density at radius 2 is 1.97 bits per heavy atom. The molecule has 2 aliphatic heterocycles. The number of aromatic nitrogens is 1. The molecule has 1 aromatic carbocycles. The molecule has 3 aliphatic rings. The molecule has 2 atom stereocenters. The number of hydrogen-bond donors (Lipinski definition) is 1. The molecule has 2 saturated heterocycles. The number of carbonyl (C=O) groups is 1. The lowest BCUT2D eigenvalue weighted by Crippen LogP contribution is -2.42. The molecule has 3 fully saturated rings. The summed E-state index contributed by atoms with van der Waals surface area (Å²) < 4.78 is 37.0. The number of likely N-dealkylation sites (N-methyl/N-ethyl adjacent to an activating group) is 1. The number of rotatable bonds is 3. The van der Waals surface area contributed by atoms with E-state index in [-0.39, 0.29) is 41.1 Å². The summed E-state index contributed by atoms with van der Waals surface area (Å²) in [6, 6.07) is 1.21. The number of halogens is 3. The minimum Gasteiger partial charge on any atom is -0.449 e. The number of pyridine rings is 1. The van der Waals surface area contributed by atoms with E-state index >= 15 is 8.78 Å². The molecular formula is C21H24ClF2N3O4. The van der Waals surface area contributed by atoms with Crippen molar-refractivity contribution in [2.24, 2.45) is 5.92 Å². The lowest BCUT2D eigenvalue weighted by Gasteiger charge is -2.33. The van der Waals surface area contributed by atoms with Crippen molar-refractivity contribution in [3.8, 4) is 5.75 Å². The summed E-state index contributed by atoms with van der Waals surface area (Å²) in [5.74, 6) is -1.66. The Morgan fingerprint density at radius 3 is 2.61 bits per heavy atom. The fourth-order valence-corrected chi connectivity index (χ4v) is 5.09. The first-order valence-corrected chi connectivity index (χ1v) is 10.3. The van der Waals surface area contributed by atoms with Gasteiger partial charge in [0.05, 0.1) is 17.1 Å². The van der Waals surface area contributed by atoms with Gasteiger partial charge in [0.25, 0.3) is 0 Å². The van der Waals surface area contributed by atoms with Gasteiger partial charge in [0.2, 0.25) is 5.43 Å². The number of fused-ring (bicyclic) bond motifs is 2. The van der Waals surface area contributed by atoms with Gasteiger partial charge in [-0.1, -0.05) is 0 Å². The van der Waals surface area contributed by atoms with Crippen LogP contribution in [0.15, 0.2) is 17.1 Å². The Labute approximate surface area is 183 Å². The lowest BCUT2D eigenvalue weighted by molar-refractivity contribution is 0.143. The highest BCUT2D eigenvalue weighted by molar-refractivity contribution is 5.86. The minimum atomic E-state index is -1.64. The molecule has 3 heterocycles. The number of ether oxygens (including phenoxy) is 1. The molecule has 1 N–H and O–H groups in total. The van der Waals surface area contributed by atoms with Gasteiger partial charge in [-0.05, 0) is 51.3 Å². The predicted octanol–water partition coefficient (Wildman–Crippen LogP) is 3.62. The van der Waals surface area contributed by atoms with Crippen LogP contribution in [0.25, 0.3) is 10.9 Å². The summed E-state index contributed by atoms with van der Waals surface area (Å²) in [7, 11) is 2.04. The van der Waals surface area contributed by atoms with Gasteiger partial charge in [0.1, 0.15) is 11.5 Å². The fourth-order valence-electron chi connectivity index (χ4n) is 5.09. The fraction of sp³-hybridized carbons (Fsp3) is 0.524. The van der Waals surface area contributed by atoms with Crippen LogP contribution in [-0.2, 0) is 0 Å². The first kappa shape index (κ1) is 21.8. The van der Waals surface area contributed by atoms with Crippen LogP contribution >= 0.6 is 12.4 Å². The van der Waals surface area contributed by atoms with Crippen molar-refractivity contribution < 1.29 is 23.4 Å². The Balaban J connectivity index is 0.00000231. The number of likely N-dealkylation sites (tertiary alicyclic amines) is 1. The topological polar surface area (TPSA) is 75.0 Å². The van der Waals surface area contributed by atoms with E-state index in [1.807, 2.05) is 7.05 Å². The average molecular weight is 456 g/mol. The minimum absolute atomic E-state index is 0. The zero-order valence-electron chi connectivity index (χ0n) is 17.0. The summed E-state index contributed by atoms with van der Waals surface area (Å²) >= 11 is 0. The number of piperidine rings is 1. The standard InChI is InChI=1S/C21H23F2N3O4.ClH/c1-24-6-2-3-11-8-25(9-15(11)24)19-14(22)7-13-18(17(19)23)26(12-4-5-12)10-16(20(13)27)30-21(28)29;/h7,10-12,15H,2-6,8-9H2,1H3,(H,28,29);1H/t11-,15+;/m1./s1. The van der Waals surface area contributed by atoms with Crippen LogP contribution in [0.4, 0.5) is 19.3 Å². The van der Waals surface area contributed by atoms with Crippen molar-refractivity contribution in [3.63, 3.8) is 0 Å². The van der Waals surface area contributed by atoms with E-state index in [0.29, 0.717) is 19.0 Å². The highest BCUT2D eigenvalue weighted by Gasteiger charge is 2.40. The molecule has 0 spiro atoms. The Kier molecular flexibility index (Phi) is 5.59. The number of anilines is 1. The molecule has 1 saturated carbocycles. The maximum atomic E-state index is 15.8. The van der Waals surface area contributed by atoms with Crippen LogP contribution in [-0.4, -0.2) is 53.5 Å². The molecule has 2 aromatic rings. The molecule has 31 heavy (non-hydrogen) atoms. The van der Waals surface area contributed by atoms with Gasteiger partial charge in [-0.2, -0.15) is 0 Å². The summed E-state index contributed by atoms with van der Waals surface area (Å²) in [6.07, 6.45) is 3.24. The quantitative estimate of drug-likeness (QED) is 0.712. The first-order valence-electron chi connectivity index (χ1n) is 10.3. The molecule has 1 aromatic heterocycles.